The molecule has 0 N–H and O–H groups in total. The van der Waals surface area contributed by atoms with Crippen molar-refractivity contribution >= 4 is 11.9 Å². The van der Waals surface area contributed by atoms with Gasteiger partial charge in [0.2, 0.25) is 0 Å². The first-order chi connectivity index (χ1) is 9.06. The summed E-state index contributed by atoms with van der Waals surface area (Å²) >= 11 is 0. The van der Waals surface area contributed by atoms with Gasteiger partial charge in [0.15, 0.2) is 5.78 Å². The van der Waals surface area contributed by atoms with Gasteiger partial charge >= 0.3 is 0 Å². The van der Waals surface area contributed by atoms with Gasteiger partial charge in [-0.15, -0.1) is 0 Å². The van der Waals surface area contributed by atoms with E-state index in [-0.39, 0.29) is 11.2 Å². The van der Waals surface area contributed by atoms with E-state index in [2.05, 4.69) is 23.7 Å². The Bertz CT molecular complexity index is 515. The molecule has 100 valence electrons. The van der Waals surface area contributed by atoms with E-state index in [0.29, 0.717) is 6.04 Å². The number of hydrogen-bond acceptors (Lipinski definition) is 3. The van der Waals surface area contributed by atoms with Crippen LogP contribution in [0.2, 0.25) is 0 Å². The number of hydrogen-bond donors (Lipinski definition) is 0. The van der Waals surface area contributed by atoms with Crippen molar-refractivity contribution in [1.82, 2.24) is 9.88 Å². The van der Waals surface area contributed by atoms with Crippen molar-refractivity contribution in [3.8, 4) is 0 Å². The van der Waals surface area contributed by atoms with Crippen LogP contribution in [0.1, 0.15) is 32.4 Å². The standard InChI is InChI=1S/C16H20N2O/c1-16(2)11-18(14-6-7-14)10-12(15(16)19)9-13-5-3-4-8-17-13/h3-5,8-9,14H,6-7,10-11H2,1-2H3. The highest BCUT2D eigenvalue weighted by Crippen LogP contribution is 2.36. The fourth-order valence-corrected chi connectivity index (χ4v) is 2.81. The Morgan fingerprint density at radius 3 is 2.79 bits per heavy atom. The van der Waals surface area contributed by atoms with E-state index in [1.807, 2.05) is 24.3 Å². The summed E-state index contributed by atoms with van der Waals surface area (Å²) in [5.74, 6) is 0.273. The molecule has 2 fully saturated rings. The highest BCUT2D eigenvalue weighted by atomic mass is 16.1. The minimum atomic E-state index is -0.276. The van der Waals surface area contributed by atoms with Crippen molar-refractivity contribution < 1.29 is 4.79 Å². The van der Waals surface area contributed by atoms with E-state index in [9.17, 15) is 4.79 Å². The molecule has 1 saturated carbocycles. The summed E-state index contributed by atoms with van der Waals surface area (Å²) in [6.45, 7) is 5.77. The van der Waals surface area contributed by atoms with Gasteiger partial charge in [-0.05, 0) is 31.1 Å². The summed E-state index contributed by atoms with van der Waals surface area (Å²) in [6, 6.07) is 6.49. The highest BCUT2D eigenvalue weighted by Gasteiger charge is 2.42. The number of pyridine rings is 1. The number of carbonyl (C=O) groups is 1. The van der Waals surface area contributed by atoms with Crippen LogP contribution in [0.5, 0.6) is 0 Å². The Hall–Kier alpha value is -1.48. The molecule has 0 atom stereocenters. The molecule has 1 saturated heterocycles. The number of likely N-dealkylation sites (tertiary alicyclic amines) is 1. The molecule has 1 aliphatic heterocycles. The fraction of sp³-hybridized carbons (Fsp3) is 0.500. The van der Waals surface area contributed by atoms with Gasteiger partial charge in [-0.1, -0.05) is 19.9 Å². The van der Waals surface area contributed by atoms with Crippen molar-refractivity contribution in [2.75, 3.05) is 13.1 Å². The Morgan fingerprint density at radius 1 is 1.37 bits per heavy atom. The largest absolute Gasteiger partial charge is 0.295 e. The van der Waals surface area contributed by atoms with Crippen molar-refractivity contribution in [2.24, 2.45) is 5.41 Å². The van der Waals surface area contributed by atoms with E-state index in [4.69, 9.17) is 0 Å². The van der Waals surface area contributed by atoms with Crippen molar-refractivity contribution in [3.05, 3.63) is 35.7 Å². The summed E-state index contributed by atoms with van der Waals surface area (Å²) in [7, 11) is 0. The molecule has 0 spiro atoms. The maximum atomic E-state index is 12.5. The molecule has 0 aromatic carbocycles. The van der Waals surface area contributed by atoms with E-state index in [0.717, 1.165) is 24.4 Å². The van der Waals surface area contributed by atoms with Crippen LogP contribution < -0.4 is 0 Å². The first-order valence-corrected chi connectivity index (χ1v) is 6.97. The van der Waals surface area contributed by atoms with Crippen LogP contribution >= 0.6 is 0 Å². The first kappa shape index (κ1) is 12.5. The van der Waals surface area contributed by atoms with Crippen molar-refractivity contribution in [2.45, 2.75) is 32.7 Å². The van der Waals surface area contributed by atoms with Crippen LogP contribution in [0.4, 0.5) is 0 Å². The lowest BCUT2D eigenvalue weighted by molar-refractivity contribution is -0.126. The van der Waals surface area contributed by atoms with Gasteiger partial charge in [0.1, 0.15) is 0 Å². The van der Waals surface area contributed by atoms with Gasteiger partial charge in [0, 0.05) is 36.3 Å². The second kappa shape index (κ2) is 4.57. The molecule has 2 heterocycles. The molecule has 0 bridgehead atoms. The van der Waals surface area contributed by atoms with Crippen LogP contribution in [0, 0.1) is 5.41 Å². The number of carbonyl (C=O) groups excluding carboxylic acids is 1. The van der Waals surface area contributed by atoms with Gasteiger partial charge in [-0.3, -0.25) is 14.7 Å². The summed E-state index contributed by atoms with van der Waals surface area (Å²) in [5.41, 5.74) is 1.50. The van der Waals surface area contributed by atoms with Gasteiger partial charge in [0.25, 0.3) is 0 Å². The smallest absolute Gasteiger partial charge is 0.167 e. The number of Topliss-reactive ketones (excluding diaryl/α,β-unsaturated/α-hetero) is 1. The third-order valence-electron chi connectivity index (χ3n) is 3.95. The van der Waals surface area contributed by atoms with E-state index < -0.39 is 0 Å². The number of nitrogens with zero attached hydrogens (tertiary/aromatic N) is 2. The predicted molar refractivity (Wildman–Crippen MR) is 75.6 cm³/mol. The molecular formula is C16H20N2O. The fourth-order valence-electron chi connectivity index (χ4n) is 2.81. The van der Waals surface area contributed by atoms with Gasteiger partial charge < -0.3 is 0 Å². The molecule has 1 aromatic heterocycles. The maximum absolute atomic E-state index is 12.5. The number of aromatic nitrogens is 1. The van der Waals surface area contributed by atoms with Gasteiger partial charge in [-0.25, -0.2) is 0 Å². The van der Waals surface area contributed by atoms with Crippen LogP contribution in [0.15, 0.2) is 30.0 Å². The lowest BCUT2D eigenvalue weighted by Gasteiger charge is -2.38. The lowest BCUT2D eigenvalue weighted by Crippen LogP contribution is -2.48. The van der Waals surface area contributed by atoms with E-state index >= 15 is 0 Å². The van der Waals surface area contributed by atoms with Gasteiger partial charge in [-0.2, -0.15) is 0 Å². The zero-order valence-electron chi connectivity index (χ0n) is 11.6. The summed E-state index contributed by atoms with van der Waals surface area (Å²) in [6.07, 6.45) is 6.28. The Balaban J connectivity index is 1.90. The third-order valence-corrected chi connectivity index (χ3v) is 3.95. The minimum absolute atomic E-state index is 0.273. The summed E-state index contributed by atoms with van der Waals surface area (Å²) in [4.78, 5) is 19.3. The molecule has 1 aliphatic carbocycles. The Labute approximate surface area is 114 Å². The normalized spacial score (nSPS) is 25.8. The van der Waals surface area contributed by atoms with Crippen molar-refractivity contribution in [3.63, 3.8) is 0 Å². The molecule has 0 amide bonds. The maximum Gasteiger partial charge on any atom is 0.167 e. The Morgan fingerprint density at radius 2 is 2.16 bits per heavy atom. The van der Waals surface area contributed by atoms with Gasteiger partial charge in [0.05, 0.1) is 5.69 Å². The molecule has 19 heavy (non-hydrogen) atoms. The van der Waals surface area contributed by atoms with Crippen LogP contribution in [0.25, 0.3) is 6.08 Å². The predicted octanol–water partition coefficient (Wildman–Crippen LogP) is 2.54. The van der Waals surface area contributed by atoms with Crippen LogP contribution in [-0.2, 0) is 4.79 Å². The minimum Gasteiger partial charge on any atom is -0.295 e. The molecule has 3 nitrogen and oxygen atoms in total. The van der Waals surface area contributed by atoms with E-state index in [1.54, 1.807) is 6.20 Å². The molecular weight excluding hydrogens is 236 g/mol. The summed E-state index contributed by atoms with van der Waals surface area (Å²) in [5, 5.41) is 0. The summed E-state index contributed by atoms with van der Waals surface area (Å²) < 4.78 is 0. The monoisotopic (exact) mass is 256 g/mol. The van der Waals surface area contributed by atoms with Crippen LogP contribution in [0.3, 0.4) is 0 Å². The molecule has 0 unspecified atom stereocenters. The molecule has 3 heteroatoms. The SMILES string of the molecule is CC1(C)CN(C2CC2)CC(=Cc2ccccn2)C1=O. The average Bonchev–Trinajstić information content (AvgIpc) is 3.20. The average molecular weight is 256 g/mol. The van der Waals surface area contributed by atoms with Crippen LogP contribution in [-0.4, -0.2) is 34.8 Å². The lowest BCUT2D eigenvalue weighted by atomic mass is 9.79. The van der Waals surface area contributed by atoms with Crippen molar-refractivity contribution in [1.29, 1.82) is 0 Å². The zero-order valence-corrected chi connectivity index (χ0v) is 11.6. The second-order valence-electron chi connectivity index (χ2n) is 6.27. The molecule has 3 rings (SSSR count). The second-order valence-corrected chi connectivity index (χ2v) is 6.27. The Kier molecular flexibility index (Phi) is 3.02. The quantitative estimate of drug-likeness (QED) is 0.762. The molecule has 1 aromatic rings. The molecule has 2 aliphatic rings. The zero-order chi connectivity index (χ0) is 13.5. The number of rotatable bonds is 2. The topological polar surface area (TPSA) is 33.2 Å². The number of piperidine rings is 1. The third kappa shape index (κ3) is 2.61. The van der Waals surface area contributed by atoms with E-state index in [1.165, 1.54) is 12.8 Å². The first-order valence-electron chi connectivity index (χ1n) is 6.97. The number of ketones is 1. The molecule has 0 radical (unpaired) electrons. The highest BCUT2D eigenvalue weighted by molar-refractivity contribution is 6.04.